The van der Waals surface area contributed by atoms with Crippen LogP contribution in [0.4, 0.5) is 0 Å². The Kier molecular flexibility index (Phi) is 6.65. The Morgan fingerprint density at radius 2 is 2.18 bits per heavy atom. The number of carbonyl (C=O) groups is 1. The molecule has 34 heavy (non-hydrogen) atoms. The Bertz CT molecular complexity index is 1440. The molecule has 0 radical (unpaired) electrons. The van der Waals surface area contributed by atoms with Crippen LogP contribution in [0.25, 0.3) is 21.7 Å². The van der Waals surface area contributed by atoms with Gasteiger partial charge in [-0.25, -0.2) is 8.97 Å². The van der Waals surface area contributed by atoms with E-state index in [-0.39, 0.29) is 11.5 Å². The van der Waals surface area contributed by atoms with E-state index < -0.39 is 0 Å². The first-order chi connectivity index (χ1) is 16.5. The van der Waals surface area contributed by atoms with Crippen LogP contribution in [-0.2, 0) is 22.5 Å². The maximum atomic E-state index is 13.8. The fraction of sp³-hybridized carbons (Fsp3) is 0.391. The number of esters is 1. The second-order valence-electron chi connectivity index (χ2n) is 8.17. The van der Waals surface area contributed by atoms with Gasteiger partial charge in [-0.1, -0.05) is 29.4 Å². The zero-order chi connectivity index (χ0) is 23.8. The second kappa shape index (κ2) is 9.69. The van der Waals surface area contributed by atoms with E-state index in [1.165, 1.54) is 16.6 Å². The third-order valence-electron chi connectivity index (χ3n) is 5.79. The SMILES string of the molecule is CCOC(=O)CCCSc1nnc2n(-c3cccc(Cl)c3)c(=O)c3c4c(sc3n12)CN(C)CC4. The van der Waals surface area contributed by atoms with Gasteiger partial charge >= 0.3 is 5.97 Å². The van der Waals surface area contributed by atoms with Crippen LogP contribution in [0.5, 0.6) is 0 Å². The van der Waals surface area contributed by atoms with Gasteiger partial charge < -0.3 is 9.64 Å². The van der Waals surface area contributed by atoms with Gasteiger partial charge in [0.15, 0.2) is 5.16 Å². The van der Waals surface area contributed by atoms with Crippen molar-refractivity contribution in [3.05, 3.63) is 50.1 Å². The molecule has 0 spiro atoms. The van der Waals surface area contributed by atoms with Crippen LogP contribution >= 0.6 is 34.7 Å². The molecular weight excluding hydrogens is 494 g/mol. The van der Waals surface area contributed by atoms with Gasteiger partial charge in [-0.3, -0.25) is 9.59 Å². The third kappa shape index (κ3) is 4.24. The van der Waals surface area contributed by atoms with Gasteiger partial charge in [-0.05, 0) is 50.6 Å². The number of hydrogen-bond donors (Lipinski definition) is 0. The first-order valence-electron chi connectivity index (χ1n) is 11.1. The fourth-order valence-corrected chi connectivity index (χ4v) is 6.77. The van der Waals surface area contributed by atoms with Crippen molar-refractivity contribution in [1.29, 1.82) is 0 Å². The minimum absolute atomic E-state index is 0.0990. The number of carbonyl (C=O) groups excluding carboxylic acids is 1. The number of aromatic nitrogens is 4. The van der Waals surface area contributed by atoms with Gasteiger partial charge in [-0.2, -0.15) is 0 Å². The number of thioether (sulfide) groups is 1. The Balaban J connectivity index is 1.64. The molecule has 0 fully saturated rings. The molecule has 0 saturated heterocycles. The van der Waals surface area contributed by atoms with E-state index in [0.717, 1.165) is 35.3 Å². The molecule has 11 heteroatoms. The highest BCUT2D eigenvalue weighted by Crippen LogP contribution is 2.35. The lowest BCUT2D eigenvalue weighted by atomic mass is 10.1. The lowest BCUT2D eigenvalue weighted by Crippen LogP contribution is -2.27. The summed E-state index contributed by atoms with van der Waals surface area (Å²) < 4.78 is 8.61. The number of fused-ring (bicyclic) bond motifs is 5. The monoisotopic (exact) mass is 517 g/mol. The van der Waals surface area contributed by atoms with Crippen LogP contribution < -0.4 is 5.56 Å². The highest BCUT2D eigenvalue weighted by atomic mass is 35.5. The first kappa shape index (κ1) is 23.3. The van der Waals surface area contributed by atoms with E-state index in [9.17, 15) is 9.59 Å². The number of rotatable bonds is 7. The van der Waals surface area contributed by atoms with Gasteiger partial charge in [0.25, 0.3) is 5.56 Å². The van der Waals surface area contributed by atoms with Crippen LogP contribution in [0.2, 0.25) is 5.02 Å². The topological polar surface area (TPSA) is 81.7 Å². The summed E-state index contributed by atoms with van der Waals surface area (Å²) in [6, 6.07) is 7.22. The molecule has 0 aliphatic carbocycles. The molecule has 0 amide bonds. The van der Waals surface area contributed by atoms with Crippen LogP contribution in [0.15, 0.2) is 34.2 Å². The summed E-state index contributed by atoms with van der Waals surface area (Å²) in [5.41, 5.74) is 1.68. The standard InChI is InChI=1S/C23H24ClN5O3S2/c1-3-32-18(30)8-5-11-33-23-26-25-22-28(15-7-4-6-14(24)12-15)20(31)19-16-9-10-27(2)13-17(16)34-21(19)29(22)23/h4,6-7,12H,3,5,8-11,13H2,1-2H3. The first-order valence-corrected chi connectivity index (χ1v) is 13.3. The third-order valence-corrected chi connectivity index (χ3v) is 8.25. The second-order valence-corrected chi connectivity index (χ2v) is 10.7. The van der Waals surface area contributed by atoms with E-state index in [1.54, 1.807) is 35.0 Å². The maximum Gasteiger partial charge on any atom is 0.305 e. The predicted octanol–water partition coefficient (Wildman–Crippen LogP) is 4.17. The molecule has 178 valence electrons. The number of likely N-dealkylation sites (N-methyl/N-ethyl adjacent to an activating group) is 1. The molecule has 0 N–H and O–H groups in total. The Labute approximate surface area is 209 Å². The quantitative estimate of drug-likeness (QED) is 0.207. The summed E-state index contributed by atoms with van der Waals surface area (Å²) in [5, 5.41) is 10.8. The number of halogens is 1. The van der Waals surface area contributed by atoms with Crippen molar-refractivity contribution in [2.24, 2.45) is 0 Å². The smallest absolute Gasteiger partial charge is 0.305 e. The van der Waals surface area contributed by atoms with E-state index in [1.807, 2.05) is 16.5 Å². The van der Waals surface area contributed by atoms with Crippen molar-refractivity contribution in [3.8, 4) is 5.69 Å². The van der Waals surface area contributed by atoms with Gasteiger partial charge in [0.1, 0.15) is 4.83 Å². The van der Waals surface area contributed by atoms with Crippen molar-refractivity contribution in [2.75, 3.05) is 26.0 Å². The van der Waals surface area contributed by atoms with Crippen molar-refractivity contribution in [2.45, 2.75) is 37.9 Å². The Hall–Kier alpha value is -2.40. The normalized spacial score (nSPS) is 14.1. The van der Waals surface area contributed by atoms with Crippen molar-refractivity contribution in [1.82, 2.24) is 24.1 Å². The number of benzene rings is 1. The molecule has 0 saturated carbocycles. The Morgan fingerprint density at radius 3 is 2.97 bits per heavy atom. The van der Waals surface area contributed by atoms with E-state index in [4.69, 9.17) is 16.3 Å². The number of hydrogen-bond acceptors (Lipinski definition) is 8. The summed E-state index contributed by atoms with van der Waals surface area (Å²) >= 11 is 9.43. The summed E-state index contributed by atoms with van der Waals surface area (Å²) in [5.74, 6) is 0.951. The average molecular weight is 518 g/mol. The highest BCUT2D eigenvalue weighted by molar-refractivity contribution is 7.99. The van der Waals surface area contributed by atoms with Crippen LogP contribution in [-0.4, -0.2) is 56.0 Å². The molecule has 0 unspecified atom stereocenters. The Morgan fingerprint density at radius 1 is 1.32 bits per heavy atom. The number of ether oxygens (including phenoxy) is 1. The average Bonchev–Trinajstić information content (AvgIpc) is 3.38. The van der Waals surface area contributed by atoms with Gasteiger partial charge in [-0.15, -0.1) is 21.5 Å². The molecular formula is C23H24ClN5O3S2. The molecule has 4 heterocycles. The minimum atomic E-state index is -0.193. The fourth-order valence-electron chi connectivity index (χ4n) is 4.24. The van der Waals surface area contributed by atoms with Crippen molar-refractivity contribution in [3.63, 3.8) is 0 Å². The van der Waals surface area contributed by atoms with E-state index in [2.05, 4.69) is 22.1 Å². The molecule has 0 bridgehead atoms. The highest BCUT2D eigenvalue weighted by Gasteiger charge is 2.26. The molecule has 0 atom stereocenters. The summed E-state index contributed by atoms with van der Waals surface area (Å²) in [6.45, 7) is 3.91. The van der Waals surface area contributed by atoms with E-state index in [0.29, 0.717) is 46.8 Å². The zero-order valence-corrected chi connectivity index (χ0v) is 21.3. The minimum Gasteiger partial charge on any atom is -0.466 e. The van der Waals surface area contributed by atoms with Crippen LogP contribution in [0.3, 0.4) is 0 Å². The van der Waals surface area contributed by atoms with Gasteiger partial charge in [0.05, 0.1) is 17.7 Å². The molecule has 1 aliphatic rings. The van der Waals surface area contributed by atoms with Crippen molar-refractivity contribution < 1.29 is 9.53 Å². The molecule has 3 aromatic heterocycles. The van der Waals surface area contributed by atoms with Crippen molar-refractivity contribution >= 4 is 56.7 Å². The number of thiophene rings is 1. The largest absolute Gasteiger partial charge is 0.466 e. The molecule has 5 rings (SSSR count). The summed E-state index contributed by atoms with van der Waals surface area (Å²) in [6.07, 6.45) is 1.85. The summed E-state index contributed by atoms with van der Waals surface area (Å²) in [7, 11) is 2.09. The molecule has 1 aromatic carbocycles. The van der Waals surface area contributed by atoms with Gasteiger partial charge in [0, 0.05) is 35.2 Å². The van der Waals surface area contributed by atoms with Crippen LogP contribution in [0.1, 0.15) is 30.2 Å². The van der Waals surface area contributed by atoms with Crippen LogP contribution in [0, 0.1) is 0 Å². The predicted molar refractivity (Wildman–Crippen MR) is 136 cm³/mol. The molecule has 8 nitrogen and oxygen atoms in total. The summed E-state index contributed by atoms with van der Waals surface area (Å²) in [4.78, 5) is 29.9. The van der Waals surface area contributed by atoms with E-state index >= 15 is 0 Å². The zero-order valence-electron chi connectivity index (χ0n) is 18.9. The lowest BCUT2D eigenvalue weighted by Gasteiger charge is -2.21. The molecule has 4 aromatic rings. The lowest BCUT2D eigenvalue weighted by molar-refractivity contribution is -0.143. The van der Waals surface area contributed by atoms with Gasteiger partial charge in [0.2, 0.25) is 5.78 Å². The molecule has 1 aliphatic heterocycles. The number of nitrogens with zero attached hydrogens (tertiary/aromatic N) is 5. The maximum absolute atomic E-state index is 13.8.